The number of allylic oxidation sites excluding steroid dienone is 3. The van der Waals surface area contributed by atoms with Crippen molar-refractivity contribution in [1.82, 2.24) is 15.2 Å². The molecule has 2 aromatic rings. The molecule has 388 valence electrons. The number of rotatable bonds is 12. The lowest BCUT2D eigenvalue weighted by Crippen LogP contribution is -2.64. The fourth-order valence-electron chi connectivity index (χ4n) is 11.5. The van der Waals surface area contributed by atoms with Crippen LogP contribution in [-0.4, -0.2) is 134 Å². The average molecular weight is 976 g/mol. The standard InChI is InChI=1S/C55H81N3O12/c1-10-39-26-33(2)25-34(3)27-47(66-8)51-48(67-9)29-37(6)55(64,70-51)52(61)53(62)58-24-14-13-17-43(58)54(63)69-50(35(4)18-20-44(39)59)36(5)28-38-19-21-45(46(30-38)65-7)68-32-49(60)56-23-22-40-31-57-42-16-12-11-15-41(40)42/h11-12,15-16,26,28,31,34-35,37-39,43,45-48,50-51,57,64H,10,13-14,17-25,27,29-30,32H2,1-9H3,(H,56,60). The Labute approximate surface area is 415 Å². The molecule has 2 saturated heterocycles. The number of nitrogens with zero attached hydrogens (tertiary/aromatic N) is 1. The van der Waals surface area contributed by atoms with Crippen LogP contribution < -0.4 is 5.32 Å². The van der Waals surface area contributed by atoms with E-state index in [1.54, 1.807) is 28.3 Å². The minimum atomic E-state index is -2.49. The summed E-state index contributed by atoms with van der Waals surface area (Å²) in [6.07, 6.45) is 9.83. The second kappa shape index (κ2) is 25.4. The number of aromatic nitrogens is 1. The molecule has 13 unspecified atom stereocenters. The van der Waals surface area contributed by atoms with Crippen molar-refractivity contribution >= 4 is 40.3 Å². The van der Waals surface area contributed by atoms with Crippen molar-refractivity contribution in [3.63, 3.8) is 0 Å². The van der Waals surface area contributed by atoms with Crippen LogP contribution in [0.25, 0.3) is 10.9 Å². The topological polar surface area (TPSA) is 192 Å². The summed E-state index contributed by atoms with van der Waals surface area (Å²) in [5, 5.41) is 16.3. The van der Waals surface area contributed by atoms with E-state index >= 15 is 0 Å². The van der Waals surface area contributed by atoms with E-state index in [1.165, 1.54) is 4.90 Å². The Hall–Kier alpha value is -4.25. The zero-order valence-electron chi connectivity index (χ0n) is 43.2. The van der Waals surface area contributed by atoms with Crippen LogP contribution in [0.2, 0.25) is 0 Å². The van der Waals surface area contributed by atoms with E-state index in [4.69, 9.17) is 28.4 Å². The third-order valence-corrected chi connectivity index (χ3v) is 15.6. The second-order valence-corrected chi connectivity index (χ2v) is 20.8. The summed E-state index contributed by atoms with van der Waals surface area (Å²) >= 11 is 0. The number of hydrogen-bond acceptors (Lipinski definition) is 12. The van der Waals surface area contributed by atoms with Crippen LogP contribution in [0.3, 0.4) is 0 Å². The molecule has 6 rings (SSSR count). The Morgan fingerprint density at radius 2 is 1.67 bits per heavy atom. The molecule has 15 heteroatoms. The second-order valence-electron chi connectivity index (χ2n) is 20.8. The highest BCUT2D eigenvalue weighted by molar-refractivity contribution is 6.39. The SMILES string of the molecule is CCC1C=C(C)CC(C)CC(OC)C2OC(O)(C(=O)C(=O)N3CCCCC3C(=O)OC(C(C)=CC3CCC(OCC(=O)NCCc4c[nH]c5ccccc45)C(OC)C3)C(C)CCC1=O)C(C)CC2OC. The lowest BCUT2D eigenvalue weighted by Gasteiger charge is -2.47. The molecule has 0 radical (unpaired) electrons. The number of methoxy groups -OCH3 is 3. The van der Waals surface area contributed by atoms with Gasteiger partial charge in [0, 0.05) is 69.8 Å². The fourth-order valence-corrected chi connectivity index (χ4v) is 11.5. The molecule has 1 aliphatic carbocycles. The smallest absolute Gasteiger partial charge is 0.329 e. The molecule has 13 atom stereocenters. The lowest BCUT2D eigenvalue weighted by atomic mass is 9.82. The number of carbonyl (C=O) groups is 5. The number of H-pyrrole nitrogens is 1. The number of benzene rings is 1. The number of cyclic esters (lactones) is 1. The van der Waals surface area contributed by atoms with Gasteiger partial charge in [0.1, 0.15) is 30.6 Å². The van der Waals surface area contributed by atoms with E-state index in [2.05, 4.69) is 35.4 Å². The number of aliphatic hydroxyl groups is 1. The van der Waals surface area contributed by atoms with Crippen LogP contribution in [0.4, 0.5) is 0 Å². The van der Waals surface area contributed by atoms with E-state index in [-0.39, 0.29) is 80.0 Å². The van der Waals surface area contributed by atoms with Gasteiger partial charge in [-0.2, -0.15) is 0 Å². The van der Waals surface area contributed by atoms with Crippen LogP contribution >= 0.6 is 0 Å². The number of fused-ring (bicyclic) bond motifs is 4. The van der Waals surface area contributed by atoms with Crippen molar-refractivity contribution in [1.29, 1.82) is 0 Å². The number of carbonyl (C=O) groups excluding carboxylic acids is 5. The summed E-state index contributed by atoms with van der Waals surface area (Å²) in [5.41, 5.74) is 4.08. The molecule has 1 saturated carbocycles. The number of nitrogens with one attached hydrogen (secondary N) is 2. The van der Waals surface area contributed by atoms with Gasteiger partial charge >= 0.3 is 5.97 Å². The summed E-state index contributed by atoms with van der Waals surface area (Å²) in [7, 11) is 4.75. The Kier molecular flexibility index (Phi) is 20.0. The maximum Gasteiger partial charge on any atom is 0.329 e. The van der Waals surface area contributed by atoms with Crippen LogP contribution in [0.5, 0.6) is 0 Å². The number of aromatic amines is 1. The number of hydrogen-bond donors (Lipinski definition) is 3. The molecular formula is C55H81N3O12. The predicted octanol–water partition coefficient (Wildman–Crippen LogP) is 7.37. The number of para-hydroxylation sites is 1. The average Bonchev–Trinajstić information content (AvgIpc) is 3.77. The normalized spacial score (nSPS) is 33.8. The minimum Gasteiger partial charge on any atom is -0.456 e. The summed E-state index contributed by atoms with van der Waals surface area (Å²) in [4.78, 5) is 74.7. The van der Waals surface area contributed by atoms with Gasteiger partial charge < -0.3 is 48.7 Å². The third-order valence-electron chi connectivity index (χ3n) is 15.6. The first-order valence-electron chi connectivity index (χ1n) is 25.9. The predicted molar refractivity (Wildman–Crippen MR) is 265 cm³/mol. The molecule has 15 nitrogen and oxygen atoms in total. The molecule has 4 heterocycles. The highest BCUT2D eigenvalue weighted by Crippen LogP contribution is 2.39. The number of ketones is 2. The lowest BCUT2D eigenvalue weighted by molar-refractivity contribution is -0.302. The molecule has 70 heavy (non-hydrogen) atoms. The van der Waals surface area contributed by atoms with Gasteiger partial charge in [-0.3, -0.25) is 19.2 Å². The van der Waals surface area contributed by atoms with Gasteiger partial charge in [0.2, 0.25) is 11.7 Å². The molecule has 1 aromatic heterocycles. The van der Waals surface area contributed by atoms with E-state index in [0.29, 0.717) is 64.3 Å². The molecule has 3 aliphatic heterocycles. The third kappa shape index (κ3) is 13.4. The van der Waals surface area contributed by atoms with Crippen molar-refractivity contribution in [2.75, 3.05) is 41.0 Å². The van der Waals surface area contributed by atoms with Crippen LogP contribution in [0, 0.1) is 29.6 Å². The van der Waals surface area contributed by atoms with Crippen molar-refractivity contribution < 1.29 is 57.5 Å². The van der Waals surface area contributed by atoms with Crippen molar-refractivity contribution in [2.24, 2.45) is 29.6 Å². The number of Topliss-reactive ketones (excluding diaryl/α,β-unsaturated/α-hetero) is 2. The zero-order chi connectivity index (χ0) is 50.7. The van der Waals surface area contributed by atoms with Gasteiger partial charge in [0.15, 0.2) is 0 Å². The van der Waals surface area contributed by atoms with E-state index in [9.17, 15) is 29.1 Å². The Morgan fingerprint density at radius 3 is 2.40 bits per heavy atom. The highest BCUT2D eigenvalue weighted by atomic mass is 16.7. The number of ether oxygens (including phenoxy) is 6. The molecule has 3 N–H and O–H groups in total. The Bertz CT molecular complexity index is 2170. The summed E-state index contributed by atoms with van der Waals surface area (Å²) in [6, 6.07) is 7.01. The molecule has 3 fully saturated rings. The van der Waals surface area contributed by atoms with Gasteiger partial charge in [-0.15, -0.1) is 0 Å². The zero-order valence-corrected chi connectivity index (χ0v) is 43.2. The first kappa shape index (κ1) is 55.1. The van der Waals surface area contributed by atoms with Gasteiger partial charge in [-0.1, -0.05) is 63.6 Å². The van der Waals surface area contributed by atoms with Crippen molar-refractivity contribution in [3.05, 3.63) is 59.3 Å². The largest absolute Gasteiger partial charge is 0.456 e. The minimum absolute atomic E-state index is 0.0373. The van der Waals surface area contributed by atoms with Gasteiger partial charge in [0.05, 0.1) is 24.4 Å². The summed E-state index contributed by atoms with van der Waals surface area (Å²) < 4.78 is 36.7. The van der Waals surface area contributed by atoms with Gasteiger partial charge in [-0.25, -0.2) is 4.79 Å². The number of esters is 1. The molecule has 2 amide bonds. The van der Waals surface area contributed by atoms with E-state index < -0.39 is 59.8 Å². The van der Waals surface area contributed by atoms with Crippen LogP contribution in [-0.2, 0) is 58.8 Å². The Balaban J connectivity index is 1.19. The number of piperidine rings is 1. The van der Waals surface area contributed by atoms with Gasteiger partial charge in [0.25, 0.3) is 11.7 Å². The van der Waals surface area contributed by atoms with Gasteiger partial charge in [-0.05, 0) is 126 Å². The van der Waals surface area contributed by atoms with Crippen molar-refractivity contribution in [3.8, 4) is 0 Å². The number of amides is 2. The monoisotopic (exact) mass is 976 g/mol. The van der Waals surface area contributed by atoms with Crippen LogP contribution in [0.15, 0.2) is 53.8 Å². The van der Waals surface area contributed by atoms with Crippen molar-refractivity contribution in [2.45, 2.75) is 173 Å². The summed E-state index contributed by atoms with van der Waals surface area (Å²) in [6.45, 7) is 12.2. The molecule has 0 spiro atoms. The van der Waals surface area contributed by atoms with E-state index in [1.807, 2.05) is 52.1 Å². The maximum absolute atomic E-state index is 14.5. The quantitative estimate of drug-likeness (QED) is 0.109. The highest BCUT2D eigenvalue weighted by Gasteiger charge is 2.56. The fraction of sp³-hybridized carbons (Fsp3) is 0.691. The molecule has 4 aliphatic rings. The van der Waals surface area contributed by atoms with E-state index in [0.717, 1.165) is 34.0 Å². The molecular weight excluding hydrogens is 895 g/mol. The van der Waals surface area contributed by atoms with Crippen LogP contribution in [0.1, 0.15) is 124 Å². The summed E-state index contributed by atoms with van der Waals surface area (Å²) in [5.74, 6) is -6.60. The molecule has 1 aromatic carbocycles. The first-order valence-corrected chi connectivity index (χ1v) is 25.9. The first-order chi connectivity index (χ1) is 33.5. The Morgan fingerprint density at radius 1 is 0.943 bits per heavy atom. The maximum atomic E-state index is 14.5. The molecule has 2 bridgehead atoms.